The van der Waals surface area contributed by atoms with Crippen LogP contribution in [0.1, 0.15) is 11.6 Å². The van der Waals surface area contributed by atoms with Crippen molar-refractivity contribution in [2.45, 2.75) is 18.7 Å². The zero-order chi connectivity index (χ0) is 12.2. The van der Waals surface area contributed by atoms with Crippen LogP contribution < -0.4 is 16.8 Å². The molecule has 0 fully saturated rings. The number of nitrogens with one attached hydrogen (secondary N) is 1. The highest BCUT2D eigenvalue weighted by atomic mass is 16.3. The van der Waals surface area contributed by atoms with Crippen molar-refractivity contribution in [2.24, 2.45) is 0 Å². The van der Waals surface area contributed by atoms with Gasteiger partial charge in [0.1, 0.15) is 0 Å². The van der Waals surface area contributed by atoms with Gasteiger partial charge in [-0.25, -0.2) is 9.47 Å². The lowest BCUT2D eigenvalue weighted by Gasteiger charge is -2.28. The van der Waals surface area contributed by atoms with E-state index >= 15 is 0 Å². The van der Waals surface area contributed by atoms with E-state index in [0.717, 1.165) is 15.8 Å². The summed E-state index contributed by atoms with van der Waals surface area (Å²) in [5.41, 5.74) is 2.12. The summed E-state index contributed by atoms with van der Waals surface area (Å²) >= 11 is 0. The molecular weight excluding hydrogens is 220 g/mol. The SMILES string of the molecule is CNC1c2cccc3c2n(c(=O)n3N)C[C@H]1O. The van der Waals surface area contributed by atoms with Crippen molar-refractivity contribution >= 4 is 11.0 Å². The zero-order valence-corrected chi connectivity index (χ0v) is 9.42. The fourth-order valence-corrected chi connectivity index (χ4v) is 2.63. The highest BCUT2D eigenvalue weighted by Gasteiger charge is 2.30. The molecule has 90 valence electrons. The van der Waals surface area contributed by atoms with E-state index in [1.54, 1.807) is 13.1 Å². The molecule has 6 nitrogen and oxygen atoms in total. The second kappa shape index (κ2) is 3.35. The Morgan fingerprint density at radius 3 is 3.00 bits per heavy atom. The van der Waals surface area contributed by atoms with Gasteiger partial charge in [-0.2, -0.15) is 0 Å². The molecule has 0 saturated heterocycles. The highest BCUT2D eigenvalue weighted by Crippen LogP contribution is 2.30. The number of aliphatic hydroxyl groups is 1. The third kappa shape index (κ3) is 1.19. The van der Waals surface area contributed by atoms with Gasteiger partial charge in [-0.1, -0.05) is 12.1 Å². The second-order valence-corrected chi connectivity index (χ2v) is 4.31. The van der Waals surface area contributed by atoms with Crippen molar-refractivity contribution in [2.75, 3.05) is 12.9 Å². The monoisotopic (exact) mass is 234 g/mol. The van der Waals surface area contributed by atoms with Crippen LogP contribution in [0.3, 0.4) is 0 Å². The van der Waals surface area contributed by atoms with Gasteiger partial charge in [0.2, 0.25) is 0 Å². The number of aliphatic hydroxyl groups excluding tert-OH is 1. The summed E-state index contributed by atoms with van der Waals surface area (Å²) in [6, 6.07) is 5.39. The zero-order valence-electron chi connectivity index (χ0n) is 9.42. The van der Waals surface area contributed by atoms with Gasteiger partial charge >= 0.3 is 5.69 Å². The Balaban J connectivity index is 2.44. The van der Waals surface area contributed by atoms with E-state index in [1.165, 1.54) is 4.57 Å². The molecule has 4 N–H and O–H groups in total. The Morgan fingerprint density at radius 2 is 2.29 bits per heavy atom. The maximum Gasteiger partial charge on any atom is 0.347 e. The van der Waals surface area contributed by atoms with Gasteiger partial charge in [0.15, 0.2) is 0 Å². The average molecular weight is 234 g/mol. The molecule has 0 saturated carbocycles. The number of benzene rings is 1. The van der Waals surface area contributed by atoms with Gasteiger partial charge in [-0.05, 0) is 18.7 Å². The van der Waals surface area contributed by atoms with Crippen LogP contribution in [-0.2, 0) is 6.54 Å². The molecule has 1 aromatic carbocycles. The summed E-state index contributed by atoms with van der Waals surface area (Å²) in [6.45, 7) is 0.266. The lowest BCUT2D eigenvalue weighted by atomic mass is 9.97. The highest BCUT2D eigenvalue weighted by molar-refractivity contribution is 5.81. The summed E-state index contributed by atoms with van der Waals surface area (Å²) in [5, 5.41) is 13.1. The molecule has 0 aliphatic carbocycles. The van der Waals surface area contributed by atoms with E-state index in [1.807, 2.05) is 12.1 Å². The molecule has 0 amide bonds. The molecule has 2 heterocycles. The number of nitrogens with two attached hydrogens (primary N) is 1. The predicted molar refractivity (Wildman–Crippen MR) is 64.2 cm³/mol. The number of nitrogen functional groups attached to an aromatic ring is 1. The molecule has 17 heavy (non-hydrogen) atoms. The number of para-hydroxylation sites is 1. The van der Waals surface area contributed by atoms with E-state index < -0.39 is 6.10 Å². The first-order valence-electron chi connectivity index (χ1n) is 5.49. The Labute approximate surface area is 97.2 Å². The number of rotatable bonds is 1. The van der Waals surface area contributed by atoms with Crippen LogP contribution in [-0.4, -0.2) is 27.5 Å². The largest absolute Gasteiger partial charge is 0.389 e. The van der Waals surface area contributed by atoms with Crippen LogP contribution >= 0.6 is 0 Å². The molecule has 1 unspecified atom stereocenters. The van der Waals surface area contributed by atoms with E-state index in [9.17, 15) is 9.90 Å². The Kier molecular flexibility index (Phi) is 2.04. The topological polar surface area (TPSA) is 85.2 Å². The van der Waals surface area contributed by atoms with Crippen LogP contribution in [0.2, 0.25) is 0 Å². The first kappa shape index (κ1) is 10.4. The number of nitrogens with zero attached hydrogens (tertiary/aromatic N) is 2. The maximum atomic E-state index is 11.9. The minimum absolute atomic E-state index is 0.166. The van der Waals surface area contributed by atoms with E-state index in [-0.39, 0.29) is 18.3 Å². The molecule has 1 aliphatic rings. The molecule has 2 atom stereocenters. The molecule has 0 bridgehead atoms. The first-order valence-corrected chi connectivity index (χ1v) is 5.49. The van der Waals surface area contributed by atoms with Gasteiger partial charge in [0, 0.05) is 0 Å². The lowest BCUT2D eigenvalue weighted by molar-refractivity contribution is 0.107. The number of aromatic nitrogens is 2. The maximum absolute atomic E-state index is 11.9. The van der Waals surface area contributed by atoms with Crippen LogP contribution in [0.4, 0.5) is 0 Å². The molecule has 3 rings (SSSR count). The summed E-state index contributed by atoms with van der Waals surface area (Å²) in [6.07, 6.45) is -0.627. The van der Waals surface area contributed by atoms with Crippen LogP contribution in [0.15, 0.2) is 23.0 Å². The van der Waals surface area contributed by atoms with E-state index in [2.05, 4.69) is 5.32 Å². The molecule has 1 aromatic heterocycles. The normalized spacial score (nSPS) is 23.2. The standard InChI is InChI=1S/C11H14N4O2/c1-13-9-6-3-2-4-7-10(6)14(5-8(9)16)11(17)15(7)12/h2-4,8-9,13,16H,5,12H2,1H3/t8-,9?/m1/s1. The second-order valence-electron chi connectivity index (χ2n) is 4.31. The van der Waals surface area contributed by atoms with Crippen molar-refractivity contribution in [1.29, 1.82) is 0 Å². The summed E-state index contributed by atoms with van der Waals surface area (Å²) in [4.78, 5) is 11.9. The average Bonchev–Trinajstić information content (AvgIpc) is 2.57. The lowest BCUT2D eigenvalue weighted by Crippen LogP contribution is -2.40. The number of hydrogen-bond acceptors (Lipinski definition) is 4. The number of imidazole rings is 1. The molecule has 1 aliphatic heterocycles. The quantitative estimate of drug-likeness (QED) is 0.561. The van der Waals surface area contributed by atoms with Gasteiger partial charge in [0.05, 0.1) is 29.7 Å². The van der Waals surface area contributed by atoms with Crippen molar-refractivity contribution in [1.82, 2.24) is 14.6 Å². The smallest absolute Gasteiger partial charge is 0.347 e. The predicted octanol–water partition coefficient (Wildman–Crippen LogP) is -0.848. The molecule has 0 spiro atoms. The van der Waals surface area contributed by atoms with Gasteiger partial charge in [-0.15, -0.1) is 0 Å². The Bertz CT molecular complexity index is 643. The van der Waals surface area contributed by atoms with Crippen LogP contribution in [0, 0.1) is 0 Å². The fourth-order valence-electron chi connectivity index (χ4n) is 2.63. The molecule has 0 radical (unpaired) electrons. The van der Waals surface area contributed by atoms with Gasteiger partial charge in [0.25, 0.3) is 0 Å². The van der Waals surface area contributed by atoms with Crippen molar-refractivity contribution in [3.63, 3.8) is 0 Å². The van der Waals surface area contributed by atoms with Crippen molar-refractivity contribution < 1.29 is 5.11 Å². The van der Waals surface area contributed by atoms with Crippen LogP contribution in [0.5, 0.6) is 0 Å². The summed E-state index contributed by atoms with van der Waals surface area (Å²) < 4.78 is 2.66. The Morgan fingerprint density at radius 1 is 1.53 bits per heavy atom. The number of hydrogen-bond donors (Lipinski definition) is 3. The first-order chi connectivity index (χ1) is 8.15. The van der Waals surface area contributed by atoms with Crippen LogP contribution in [0.25, 0.3) is 11.0 Å². The van der Waals surface area contributed by atoms with E-state index in [4.69, 9.17) is 5.84 Å². The summed E-state index contributed by atoms with van der Waals surface area (Å²) in [5.74, 6) is 5.72. The third-order valence-electron chi connectivity index (χ3n) is 3.41. The third-order valence-corrected chi connectivity index (χ3v) is 3.41. The minimum Gasteiger partial charge on any atom is -0.389 e. The van der Waals surface area contributed by atoms with Crippen molar-refractivity contribution in [3.05, 3.63) is 34.2 Å². The summed E-state index contributed by atoms with van der Waals surface area (Å²) in [7, 11) is 1.79. The Hall–Kier alpha value is -1.79. The van der Waals surface area contributed by atoms with Crippen molar-refractivity contribution in [3.8, 4) is 0 Å². The minimum atomic E-state index is -0.627. The molecule has 6 heteroatoms. The molecular formula is C11H14N4O2. The van der Waals surface area contributed by atoms with Gasteiger partial charge in [-0.3, -0.25) is 4.57 Å². The van der Waals surface area contributed by atoms with E-state index in [0.29, 0.717) is 5.52 Å². The number of likely N-dealkylation sites (N-methyl/N-ethyl adjacent to an activating group) is 1. The van der Waals surface area contributed by atoms with Gasteiger partial charge < -0.3 is 16.3 Å². The molecule has 2 aromatic rings. The fraction of sp³-hybridized carbons (Fsp3) is 0.364.